The number of aryl methyl sites for hydroxylation is 1. The number of thioether (sulfide) groups is 1. The van der Waals surface area contributed by atoms with Gasteiger partial charge in [-0.15, -0.1) is 0 Å². The lowest BCUT2D eigenvalue weighted by Gasteiger charge is -2.14. The summed E-state index contributed by atoms with van der Waals surface area (Å²) in [5, 5.41) is 1.13. The smallest absolute Gasteiger partial charge is 0.267 e. The van der Waals surface area contributed by atoms with Gasteiger partial charge in [-0.1, -0.05) is 30.0 Å². The Morgan fingerprint density at radius 1 is 0.967 bits per heavy atom. The van der Waals surface area contributed by atoms with Crippen LogP contribution in [0.4, 0.5) is 0 Å². The van der Waals surface area contributed by atoms with Crippen molar-refractivity contribution >= 4 is 22.7 Å². The highest BCUT2D eigenvalue weighted by molar-refractivity contribution is 7.98. The zero-order chi connectivity index (χ0) is 21.1. The molecule has 0 saturated heterocycles. The first kappa shape index (κ1) is 20.0. The number of aromatic nitrogens is 3. The van der Waals surface area contributed by atoms with E-state index in [0.29, 0.717) is 27.6 Å². The van der Waals surface area contributed by atoms with E-state index < -0.39 is 0 Å². The molecule has 2 aromatic heterocycles. The lowest BCUT2D eigenvalue weighted by Crippen LogP contribution is -2.22. The minimum Gasteiger partial charge on any atom is -0.497 e. The van der Waals surface area contributed by atoms with Crippen LogP contribution in [0.15, 0.2) is 70.6 Å². The molecule has 0 spiro atoms. The van der Waals surface area contributed by atoms with E-state index in [1.54, 1.807) is 24.9 Å². The molecule has 2 heterocycles. The minimum absolute atomic E-state index is 0.140. The van der Waals surface area contributed by atoms with E-state index in [-0.39, 0.29) is 5.56 Å². The first-order chi connectivity index (χ1) is 14.6. The van der Waals surface area contributed by atoms with E-state index >= 15 is 0 Å². The van der Waals surface area contributed by atoms with Crippen LogP contribution < -0.4 is 15.0 Å². The normalized spacial score (nSPS) is 10.9. The Morgan fingerprint density at radius 2 is 1.80 bits per heavy atom. The molecule has 0 atom stereocenters. The van der Waals surface area contributed by atoms with E-state index in [2.05, 4.69) is 4.98 Å². The average molecular weight is 420 g/mol. The zero-order valence-corrected chi connectivity index (χ0v) is 17.8. The van der Waals surface area contributed by atoms with E-state index in [4.69, 9.17) is 14.5 Å². The molecule has 0 amide bonds. The molecule has 0 aliphatic heterocycles. The number of ether oxygens (including phenoxy) is 2. The van der Waals surface area contributed by atoms with Crippen LogP contribution in [-0.4, -0.2) is 28.8 Å². The molecular weight excluding hydrogens is 398 g/mol. The molecule has 2 aromatic carbocycles. The lowest BCUT2D eigenvalue weighted by atomic mass is 10.2. The third-order valence-corrected chi connectivity index (χ3v) is 5.68. The maximum Gasteiger partial charge on any atom is 0.267 e. The van der Waals surface area contributed by atoms with Crippen molar-refractivity contribution in [2.75, 3.05) is 14.2 Å². The van der Waals surface area contributed by atoms with Crippen molar-refractivity contribution in [1.29, 1.82) is 0 Å². The molecule has 30 heavy (non-hydrogen) atoms. The van der Waals surface area contributed by atoms with Gasteiger partial charge < -0.3 is 9.47 Å². The molecule has 6 nitrogen and oxygen atoms in total. The van der Waals surface area contributed by atoms with Gasteiger partial charge in [0, 0.05) is 17.0 Å². The van der Waals surface area contributed by atoms with Crippen molar-refractivity contribution in [2.24, 2.45) is 0 Å². The average Bonchev–Trinajstić information content (AvgIpc) is 2.77. The van der Waals surface area contributed by atoms with Gasteiger partial charge in [-0.25, -0.2) is 14.5 Å². The van der Waals surface area contributed by atoms with E-state index in [0.717, 1.165) is 22.8 Å². The molecule has 0 radical (unpaired) electrons. The summed E-state index contributed by atoms with van der Waals surface area (Å²) in [6, 6.07) is 18.6. The number of hydrogen-bond donors (Lipinski definition) is 0. The van der Waals surface area contributed by atoms with Crippen molar-refractivity contribution in [1.82, 2.24) is 14.5 Å². The maximum absolute atomic E-state index is 13.3. The number of nitrogens with zero attached hydrogens (tertiary/aromatic N) is 3. The second kappa shape index (κ2) is 8.59. The molecule has 0 aliphatic carbocycles. The number of para-hydroxylation sites is 1. The summed E-state index contributed by atoms with van der Waals surface area (Å²) >= 11 is 1.45. The topological polar surface area (TPSA) is 66.2 Å². The zero-order valence-electron chi connectivity index (χ0n) is 17.0. The van der Waals surface area contributed by atoms with Gasteiger partial charge >= 0.3 is 0 Å². The van der Waals surface area contributed by atoms with Crippen LogP contribution in [0, 0.1) is 6.92 Å². The van der Waals surface area contributed by atoms with E-state index in [1.807, 2.05) is 61.5 Å². The van der Waals surface area contributed by atoms with Crippen molar-refractivity contribution in [2.45, 2.75) is 17.8 Å². The first-order valence-corrected chi connectivity index (χ1v) is 10.4. The van der Waals surface area contributed by atoms with Crippen molar-refractivity contribution in [3.63, 3.8) is 0 Å². The molecule has 7 heteroatoms. The molecule has 0 unspecified atom stereocenters. The monoisotopic (exact) mass is 419 g/mol. The second-order valence-corrected chi connectivity index (χ2v) is 7.60. The van der Waals surface area contributed by atoms with Crippen molar-refractivity contribution in [3.8, 4) is 17.3 Å². The van der Waals surface area contributed by atoms with Gasteiger partial charge in [0.15, 0.2) is 5.16 Å². The SMILES string of the molecule is COc1ccc(OC)c(CSc2nc3ccccc3c(=O)n2-c2cccc(C)n2)c1. The highest BCUT2D eigenvalue weighted by Gasteiger charge is 2.15. The molecule has 0 N–H and O–H groups in total. The van der Waals surface area contributed by atoms with Gasteiger partial charge in [0.2, 0.25) is 0 Å². The molecule has 0 fully saturated rings. The summed E-state index contributed by atoms with van der Waals surface area (Å²) in [5.74, 6) is 2.61. The largest absolute Gasteiger partial charge is 0.497 e. The summed E-state index contributed by atoms with van der Waals surface area (Å²) in [7, 11) is 3.27. The Balaban J connectivity index is 1.82. The fourth-order valence-electron chi connectivity index (χ4n) is 3.20. The number of rotatable bonds is 6. The molecule has 0 saturated carbocycles. The van der Waals surface area contributed by atoms with Gasteiger partial charge in [-0.3, -0.25) is 4.79 Å². The fourth-order valence-corrected chi connectivity index (χ4v) is 4.18. The Labute approximate surface area is 178 Å². The van der Waals surface area contributed by atoms with Crippen LogP contribution in [0.1, 0.15) is 11.3 Å². The summed E-state index contributed by atoms with van der Waals surface area (Å²) in [4.78, 5) is 22.6. The second-order valence-electron chi connectivity index (χ2n) is 6.66. The summed E-state index contributed by atoms with van der Waals surface area (Å²) in [5.41, 5.74) is 2.30. The van der Waals surface area contributed by atoms with Gasteiger partial charge in [-0.05, 0) is 49.4 Å². The fraction of sp³-hybridized carbons (Fsp3) is 0.174. The van der Waals surface area contributed by atoms with Crippen molar-refractivity contribution < 1.29 is 9.47 Å². The predicted molar refractivity (Wildman–Crippen MR) is 119 cm³/mol. The molecule has 0 aliphatic rings. The molecule has 0 bridgehead atoms. The third kappa shape index (κ3) is 3.89. The quantitative estimate of drug-likeness (QED) is 0.341. The van der Waals surface area contributed by atoms with Crippen LogP contribution in [-0.2, 0) is 5.75 Å². The minimum atomic E-state index is -0.140. The predicted octanol–water partition coefficient (Wildman–Crippen LogP) is 4.40. The molecule has 152 valence electrons. The van der Waals surface area contributed by atoms with E-state index in [9.17, 15) is 4.79 Å². The van der Waals surface area contributed by atoms with Gasteiger partial charge in [0.1, 0.15) is 17.3 Å². The number of pyridine rings is 1. The maximum atomic E-state index is 13.3. The Hall–Kier alpha value is -3.32. The summed E-state index contributed by atoms with van der Waals surface area (Å²) in [6.45, 7) is 1.90. The molecule has 4 aromatic rings. The Kier molecular flexibility index (Phi) is 5.72. The van der Waals surface area contributed by atoms with Crippen LogP contribution >= 0.6 is 11.8 Å². The summed E-state index contributed by atoms with van der Waals surface area (Å²) in [6.07, 6.45) is 0. The Bertz CT molecular complexity index is 1270. The third-order valence-electron chi connectivity index (χ3n) is 4.69. The number of fused-ring (bicyclic) bond motifs is 1. The van der Waals surface area contributed by atoms with Crippen LogP contribution in [0.25, 0.3) is 16.7 Å². The van der Waals surface area contributed by atoms with Gasteiger partial charge in [0.25, 0.3) is 5.56 Å². The highest BCUT2D eigenvalue weighted by atomic mass is 32.2. The van der Waals surface area contributed by atoms with E-state index in [1.165, 1.54) is 11.8 Å². The van der Waals surface area contributed by atoms with Gasteiger partial charge in [0.05, 0.1) is 25.1 Å². The molecule has 4 rings (SSSR count). The van der Waals surface area contributed by atoms with Crippen LogP contribution in [0.3, 0.4) is 0 Å². The first-order valence-electron chi connectivity index (χ1n) is 9.40. The molecular formula is C23H21N3O3S. The number of benzene rings is 2. The summed E-state index contributed by atoms with van der Waals surface area (Å²) < 4.78 is 12.4. The number of methoxy groups -OCH3 is 2. The van der Waals surface area contributed by atoms with Crippen molar-refractivity contribution in [3.05, 3.63) is 82.3 Å². The highest BCUT2D eigenvalue weighted by Crippen LogP contribution is 2.31. The number of hydrogen-bond acceptors (Lipinski definition) is 6. The lowest BCUT2D eigenvalue weighted by molar-refractivity contribution is 0.400. The Morgan fingerprint density at radius 3 is 2.57 bits per heavy atom. The van der Waals surface area contributed by atoms with Crippen LogP contribution in [0.5, 0.6) is 11.5 Å². The standard InChI is InChI=1S/C23H21N3O3S/c1-15-7-6-10-21(24-15)26-22(27)18-8-4-5-9-19(18)25-23(26)30-14-16-13-17(28-2)11-12-20(16)29-3/h4-13H,14H2,1-3H3. The van der Waals surface area contributed by atoms with Gasteiger partial charge in [-0.2, -0.15) is 0 Å². The van der Waals surface area contributed by atoms with Crippen LogP contribution in [0.2, 0.25) is 0 Å².